The average molecular weight is 318 g/mol. The van der Waals surface area contributed by atoms with E-state index in [-0.39, 0.29) is 17.6 Å². The monoisotopic (exact) mass is 318 g/mol. The topological polar surface area (TPSA) is 40.6 Å². The van der Waals surface area contributed by atoms with Crippen LogP contribution in [0.25, 0.3) is 6.08 Å². The van der Waals surface area contributed by atoms with Crippen LogP contribution in [0.2, 0.25) is 0 Å². The van der Waals surface area contributed by atoms with Crippen LogP contribution in [0.3, 0.4) is 0 Å². The van der Waals surface area contributed by atoms with Crippen molar-refractivity contribution in [3.8, 4) is 0 Å². The van der Waals surface area contributed by atoms with Gasteiger partial charge in [-0.1, -0.05) is 32.9 Å². The van der Waals surface area contributed by atoms with Crippen molar-refractivity contribution in [1.29, 1.82) is 0 Å². The van der Waals surface area contributed by atoms with Gasteiger partial charge in [-0.25, -0.2) is 4.39 Å². The van der Waals surface area contributed by atoms with Crippen molar-refractivity contribution in [1.82, 2.24) is 9.80 Å². The molecule has 0 unspecified atom stereocenters. The first-order valence-corrected chi connectivity index (χ1v) is 7.79. The first-order valence-electron chi connectivity index (χ1n) is 7.79. The van der Waals surface area contributed by atoms with Gasteiger partial charge in [-0.15, -0.1) is 0 Å². The fraction of sp³-hybridized carbons (Fsp3) is 0.444. The summed E-state index contributed by atoms with van der Waals surface area (Å²) in [6, 6.07) is 5.97. The average Bonchev–Trinajstić information content (AvgIpc) is 2.52. The van der Waals surface area contributed by atoms with Crippen LogP contribution < -0.4 is 0 Å². The van der Waals surface area contributed by atoms with Gasteiger partial charge < -0.3 is 9.80 Å². The quantitative estimate of drug-likeness (QED) is 0.786. The first-order chi connectivity index (χ1) is 10.8. The number of piperazine rings is 1. The minimum atomic E-state index is -0.394. The maximum Gasteiger partial charge on any atom is 0.246 e. The van der Waals surface area contributed by atoms with Crippen LogP contribution in [0.15, 0.2) is 30.3 Å². The zero-order valence-electron chi connectivity index (χ0n) is 13.9. The smallest absolute Gasteiger partial charge is 0.246 e. The van der Waals surface area contributed by atoms with Crippen molar-refractivity contribution in [3.05, 3.63) is 41.7 Å². The summed E-state index contributed by atoms with van der Waals surface area (Å²) < 4.78 is 12.8. The van der Waals surface area contributed by atoms with Gasteiger partial charge in [0, 0.05) is 37.7 Å². The lowest BCUT2D eigenvalue weighted by Gasteiger charge is -2.37. The Morgan fingerprint density at radius 2 is 1.52 bits per heavy atom. The second-order valence-corrected chi connectivity index (χ2v) is 6.75. The summed E-state index contributed by atoms with van der Waals surface area (Å²) in [7, 11) is 0. The molecule has 0 bridgehead atoms. The third kappa shape index (κ3) is 4.65. The number of carbonyl (C=O) groups is 2. The van der Waals surface area contributed by atoms with Crippen molar-refractivity contribution < 1.29 is 14.0 Å². The predicted molar refractivity (Wildman–Crippen MR) is 88.0 cm³/mol. The molecule has 2 rings (SSSR count). The lowest BCUT2D eigenvalue weighted by Crippen LogP contribution is -2.52. The summed E-state index contributed by atoms with van der Waals surface area (Å²) in [6.45, 7) is 7.90. The van der Waals surface area contributed by atoms with Crippen molar-refractivity contribution in [2.75, 3.05) is 26.2 Å². The Morgan fingerprint density at radius 3 is 2.04 bits per heavy atom. The highest BCUT2D eigenvalue weighted by Crippen LogP contribution is 2.18. The largest absolute Gasteiger partial charge is 0.339 e. The van der Waals surface area contributed by atoms with Crippen molar-refractivity contribution >= 4 is 17.9 Å². The molecular weight excluding hydrogens is 295 g/mol. The van der Waals surface area contributed by atoms with E-state index in [0.717, 1.165) is 5.56 Å². The summed E-state index contributed by atoms with van der Waals surface area (Å²) in [5.74, 6) is -0.267. The number of amides is 2. The van der Waals surface area contributed by atoms with Crippen molar-refractivity contribution in [2.45, 2.75) is 20.8 Å². The Morgan fingerprint density at radius 1 is 1.00 bits per heavy atom. The molecule has 0 aromatic heterocycles. The van der Waals surface area contributed by atoms with Crippen LogP contribution in [0.5, 0.6) is 0 Å². The molecule has 0 spiro atoms. The number of nitrogens with zero attached hydrogens (tertiary/aromatic N) is 2. The molecule has 0 saturated carbocycles. The van der Waals surface area contributed by atoms with Gasteiger partial charge >= 0.3 is 0 Å². The molecule has 23 heavy (non-hydrogen) atoms. The predicted octanol–water partition coefficient (Wildman–Crippen LogP) is 2.56. The molecule has 1 fully saturated rings. The van der Waals surface area contributed by atoms with Gasteiger partial charge in [0.05, 0.1) is 0 Å². The highest BCUT2D eigenvalue weighted by molar-refractivity contribution is 5.92. The van der Waals surface area contributed by atoms with Gasteiger partial charge in [-0.2, -0.15) is 0 Å². The van der Waals surface area contributed by atoms with E-state index in [2.05, 4.69) is 0 Å². The number of rotatable bonds is 2. The standard InChI is InChI=1S/C18H23FN2O2/c1-18(2,3)17(23)21-12-10-20(11-13-21)16(22)9-6-14-4-7-15(19)8-5-14/h4-9H,10-13H2,1-3H3/b9-6+. The zero-order chi connectivity index (χ0) is 17.0. The molecule has 2 amide bonds. The van der Waals surface area contributed by atoms with Crippen LogP contribution in [0.1, 0.15) is 26.3 Å². The van der Waals surface area contributed by atoms with E-state index in [1.54, 1.807) is 23.1 Å². The summed E-state index contributed by atoms with van der Waals surface area (Å²) >= 11 is 0. The molecule has 124 valence electrons. The van der Waals surface area contributed by atoms with E-state index in [1.807, 2.05) is 25.7 Å². The molecule has 1 aromatic carbocycles. The minimum Gasteiger partial charge on any atom is -0.339 e. The van der Waals surface area contributed by atoms with E-state index in [9.17, 15) is 14.0 Å². The molecule has 1 saturated heterocycles. The zero-order valence-corrected chi connectivity index (χ0v) is 13.9. The number of carbonyl (C=O) groups excluding carboxylic acids is 2. The summed E-state index contributed by atoms with van der Waals surface area (Å²) in [4.78, 5) is 27.9. The van der Waals surface area contributed by atoms with E-state index >= 15 is 0 Å². The van der Waals surface area contributed by atoms with Crippen LogP contribution in [0, 0.1) is 11.2 Å². The Labute approximate surface area is 136 Å². The van der Waals surface area contributed by atoms with Gasteiger partial charge in [-0.05, 0) is 23.8 Å². The van der Waals surface area contributed by atoms with Crippen LogP contribution in [-0.4, -0.2) is 47.8 Å². The Balaban J connectivity index is 1.88. The molecule has 1 aliphatic heterocycles. The summed E-state index contributed by atoms with van der Waals surface area (Å²) in [6.07, 6.45) is 3.17. The van der Waals surface area contributed by atoms with Crippen LogP contribution >= 0.6 is 0 Å². The molecule has 0 atom stereocenters. The van der Waals surface area contributed by atoms with Crippen LogP contribution in [-0.2, 0) is 9.59 Å². The van der Waals surface area contributed by atoms with E-state index < -0.39 is 5.41 Å². The summed E-state index contributed by atoms with van der Waals surface area (Å²) in [5, 5.41) is 0. The molecule has 1 heterocycles. The SMILES string of the molecule is CC(C)(C)C(=O)N1CCN(C(=O)/C=C/c2ccc(F)cc2)CC1. The fourth-order valence-corrected chi connectivity index (χ4v) is 2.45. The molecule has 0 N–H and O–H groups in total. The Hall–Kier alpha value is -2.17. The lowest BCUT2D eigenvalue weighted by molar-refractivity contribution is -0.143. The third-order valence-electron chi connectivity index (χ3n) is 3.81. The molecule has 1 aromatic rings. The number of hydrogen-bond acceptors (Lipinski definition) is 2. The number of benzene rings is 1. The maximum atomic E-state index is 12.8. The molecule has 0 radical (unpaired) electrons. The lowest BCUT2D eigenvalue weighted by atomic mass is 9.94. The van der Waals surface area contributed by atoms with Crippen LogP contribution in [0.4, 0.5) is 4.39 Å². The number of halogens is 1. The van der Waals surface area contributed by atoms with Crippen molar-refractivity contribution in [3.63, 3.8) is 0 Å². The molecule has 4 nitrogen and oxygen atoms in total. The molecule has 0 aliphatic carbocycles. The third-order valence-corrected chi connectivity index (χ3v) is 3.81. The van der Waals surface area contributed by atoms with Gasteiger partial charge in [-0.3, -0.25) is 9.59 Å². The normalized spacial score (nSPS) is 16.0. The first kappa shape index (κ1) is 17.2. The van der Waals surface area contributed by atoms with Gasteiger partial charge in [0.2, 0.25) is 11.8 Å². The number of hydrogen-bond donors (Lipinski definition) is 0. The molecular formula is C18H23FN2O2. The van der Waals surface area contributed by atoms with Gasteiger partial charge in [0.15, 0.2) is 0 Å². The summed E-state index contributed by atoms with van der Waals surface area (Å²) in [5.41, 5.74) is 0.385. The van der Waals surface area contributed by atoms with Gasteiger partial charge in [0.25, 0.3) is 0 Å². The minimum absolute atomic E-state index is 0.0859. The van der Waals surface area contributed by atoms with E-state index in [0.29, 0.717) is 26.2 Å². The van der Waals surface area contributed by atoms with E-state index in [4.69, 9.17) is 0 Å². The Bertz CT molecular complexity index is 594. The molecule has 1 aliphatic rings. The molecule has 5 heteroatoms. The highest BCUT2D eigenvalue weighted by Gasteiger charge is 2.30. The Kier molecular flexibility index (Phi) is 5.19. The van der Waals surface area contributed by atoms with Crippen molar-refractivity contribution in [2.24, 2.45) is 5.41 Å². The maximum absolute atomic E-state index is 12.8. The second-order valence-electron chi connectivity index (χ2n) is 6.75. The highest BCUT2D eigenvalue weighted by atomic mass is 19.1. The second kappa shape index (κ2) is 6.94. The van der Waals surface area contributed by atoms with E-state index in [1.165, 1.54) is 18.2 Å². The fourth-order valence-electron chi connectivity index (χ4n) is 2.45. The van der Waals surface area contributed by atoms with Gasteiger partial charge in [0.1, 0.15) is 5.82 Å².